The number of aliphatic hydroxyl groups is 4. The Balaban J connectivity index is 1.58. The molecule has 0 spiro atoms. The Morgan fingerprint density at radius 3 is 2.26 bits per heavy atom. The molecular formula is C26H34O5. The van der Waals surface area contributed by atoms with Gasteiger partial charge >= 0.3 is 0 Å². The van der Waals surface area contributed by atoms with Crippen molar-refractivity contribution >= 4 is 0 Å². The molecule has 2 aliphatic rings. The predicted octanol–water partition coefficient (Wildman–Crippen LogP) is 3.01. The largest absolute Gasteiger partial charge is 0.394 e. The molecule has 1 saturated heterocycles. The van der Waals surface area contributed by atoms with Gasteiger partial charge in [0.2, 0.25) is 0 Å². The lowest BCUT2D eigenvalue weighted by atomic mass is 9.88. The zero-order valence-electron chi connectivity index (χ0n) is 18.2. The number of aryl methyl sites for hydroxylation is 1. The first kappa shape index (κ1) is 22.4. The van der Waals surface area contributed by atoms with Crippen molar-refractivity contribution in [2.24, 2.45) is 0 Å². The van der Waals surface area contributed by atoms with Gasteiger partial charge in [0, 0.05) is 0 Å². The van der Waals surface area contributed by atoms with Crippen LogP contribution in [-0.2, 0) is 17.6 Å². The van der Waals surface area contributed by atoms with Gasteiger partial charge in [0.15, 0.2) is 0 Å². The van der Waals surface area contributed by atoms with Crippen molar-refractivity contribution in [1.29, 1.82) is 0 Å². The lowest BCUT2D eigenvalue weighted by Crippen LogP contribution is -2.55. The first-order valence-corrected chi connectivity index (χ1v) is 11.5. The maximum absolute atomic E-state index is 10.5. The second kappa shape index (κ2) is 9.80. The van der Waals surface area contributed by atoms with Gasteiger partial charge in [-0.25, -0.2) is 0 Å². The van der Waals surface area contributed by atoms with Crippen LogP contribution in [0.15, 0.2) is 42.5 Å². The van der Waals surface area contributed by atoms with Crippen molar-refractivity contribution in [3.8, 4) is 0 Å². The van der Waals surface area contributed by atoms with Gasteiger partial charge in [-0.1, -0.05) is 55.8 Å². The third kappa shape index (κ3) is 5.02. The van der Waals surface area contributed by atoms with Crippen LogP contribution in [0.5, 0.6) is 0 Å². The summed E-state index contributed by atoms with van der Waals surface area (Å²) in [7, 11) is 0. The van der Waals surface area contributed by atoms with Gasteiger partial charge in [-0.15, -0.1) is 0 Å². The molecule has 1 unspecified atom stereocenters. The van der Waals surface area contributed by atoms with E-state index in [2.05, 4.69) is 43.3 Å². The fraction of sp³-hybridized carbons (Fsp3) is 0.538. The van der Waals surface area contributed by atoms with E-state index in [9.17, 15) is 20.4 Å². The Kier molecular flexibility index (Phi) is 7.09. The Hall–Kier alpha value is -1.76. The Morgan fingerprint density at radius 2 is 1.61 bits per heavy atom. The fourth-order valence-corrected chi connectivity index (χ4v) is 4.55. The number of ether oxygens (including phenoxy) is 1. The molecule has 2 aromatic rings. The van der Waals surface area contributed by atoms with E-state index in [0.29, 0.717) is 5.92 Å². The van der Waals surface area contributed by atoms with Crippen LogP contribution in [-0.4, -0.2) is 51.4 Å². The zero-order valence-corrected chi connectivity index (χ0v) is 18.2. The molecule has 0 radical (unpaired) electrons. The molecule has 5 heteroatoms. The van der Waals surface area contributed by atoms with Crippen molar-refractivity contribution in [2.75, 3.05) is 6.61 Å². The highest BCUT2D eigenvalue weighted by molar-refractivity contribution is 5.41. The van der Waals surface area contributed by atoms with Crippen LogP contribution < -0.4 is 0 Å². The summed E-state index contributed by atoms with van der Waals surface area (Å²) in [5.74, 6) is 0.586. The van der Waals surface area contributed by atoms with E-state index < -0.39 is 37.1 Å². The Labute approximate surface area is 184 Å². The minimum atomic E-state index is -1.36. The molecule has 0 amide bonds. The predicted molar refractivity (Wildman–Crippen MR) is 119 cm³/mol. The zero-order chi connectivity index (χ0) is 22.0. The van der Waals surface area contributed by atoms with E-state index in [1.54, 1.807) is 0 Å². The van der Waals surface area contributed by atoms with E-state index in [1.807, 2.05) is 6.07 Å². The van der Waals surface area contributed by atoms with Crippen LogP contribution >= 0.6 is 0 Å². The molecule has 168 valence electrons. The highest BCUT2D eigenvalue weighted by atomic mass is 16.5. The van der Waals surface area contributed by atoms with Gasteiger partial charge in [-0.3, -0.25) is 0 Å². The van der Waals surface area contributed by atoms with E-state index in [-0.39, 0.29) is 0 Å². The minimum absolute atomic E-state index is 0.418. The normalized spacial score (nSPS) is 28.6. The van der Waals surface area contributed by atoms with Crippen molar-refractivity contribution in [2.45, 2.75) is 81.9 Å². The third-order valence-electron chi connectivity index (χ3n) is 6.64. The van der Waals surface area contributed by atoms with Gasteiger partial charge < -0.3 is 25.2 Å². The summed E-state index contributed by atoms with van der Waals surface area (Å²) in [4.78, 5) is 0. The smallest absolute Gasteiger partial charge is 0.113 e. The van der Waals surface area contributed by atoms with E-state index >= 15 is 0 Å². The summed E-state index contributed by atoms with van der Waals surface area (Å²) < 4.78 is 5.78. The molecule has 0 bridgehead atoms. The number of aliphatic hydroxyl groups excluding tert-OH is 4. The Bertz CT molecular complexity index is 859. The number of hydrogen-bond acceptors (Lipinski definition) is 5. The maximum atomic E-state index is 10.5. The summed E-state index contributed by atoms with van der Waals surface area (Å²) in [5, 5.41) is 40.3. The molecule has 5 atom stereocenters. The molecule has 1 saturated carbocycles. The number of unbranched alkanes of at least 4 members (excludes halogenated alkanes) is 1. The average molecular weight is 427 g/mol. The van der Waals surface area contributed by atoms with Crippen molar-refractivity contribution in [3.63, 3.8) is 0 Å². The number of rotatable bonds is 8. The van der Waals surface area contributed by atoms with Crippen molar-refractivity contribution in [3.05, 3.63) is 70.3 Å². The van der Waals surface area contributed by atoms with Crippen LogP contribution in [0.2, 0.25) is 0 Å². The second-order valence-electron chi connectivity index (χ2n) is 9.08. The van der Waals surface area contributed by atoms with Crippen LogP contribution in [0.4, 0.5) is 0 Å². The van der Waals surface area contributed by atoms with Gasteiger partial charge in [0.25, 0.3) is 0 Å². The van der Waals surface area contributed by atoms with Gasteiger partial charge in [-0.2, -0.15) is 0 Å². The summed E-state index contributed by atoms with van der Waals surface area (Å²) in [6, 6.07) is 14.9. The van der Waals surface area contributed by atoms with Crippen LogP contribution in [0.3, 0.4) is 0 Å². The van der Waals surface area contributed by atoms with E-state index in [4.69, 9.17) is 4.74 Å². The molecule has 1 aliphatic heterocycles. The first-order valence-electron chi connectivity index (χ1n) is 11.5. The van der Waals surface area contributed by atoms with Gasteiger partial charge in [-0.05, 0) is 65.8 Å². The van der Waals surface area contributed by atoms with Crippen molar-refractivity contribution in [1.82, 2.24) is 0 Å². The first-order chi connectivity index (χ1) is 15.0. The molecule has 0 aromatic heterocycles. The summed E-state index contributed by atoms with van der Waals surface area (Å²) >= 11 is 0. The molecule has 4 rings (SSSR count). The summed E-state index contributed by atoms with van der Waals surface area (Å²) in [6.45, 7) is 1.79. The molecule has 2 aromatic carbocycles. The van der Waals surface area contributed by atoms with E-state index in [1.165, 1.54) is 47.9 Å². The molecule has 1 aliphatic carbocycles. The minimum Gasteiger partial charge on any atom is -0.394 e. The quantitative estimate of drug-likeness (QED) is 0.521. The molecule has 31 heavy (non-hydrogen) atoms. The summed E-state index contributed by atoms with van der Waals surface area (Å²) in [6.07, 6.45) is 1.04. The summed E-state index contributed by atoms with van der Waals surface area (Å²) in [5.41, 5.74) is 5.91. The third-order valence-corrected chi connectivity index (χ3v) is 6.64. The van der Waals surface area contributed by atoms with E-state index in [0.717, 1.165) is 18.4 Å². The van der Waals surface area contributed by atoms with Gasteiger partial charge in [0.1, 0.15) is 30.5 Å². The molecule has 2 fully saturated rings. The highest BCUT2D eigenvalue weighted by Crippen LogP contribution is 2.43. The molecule has 5 nitrogen and oxygen atoms in total. The Morgan fingerprint density at radius 1 is 0.903 bits per heavy atom. The van der Waals surface area contributed by atoms with Gasteiger partial charge in [0.05, 0.1) is 6.61 Å². The van der Waals surface area contributed by atoms with Crippen LogP contribution in [0, 0.1) is 0 Å². The number of hydrogen-bond donors (Lipinski definition) is 4. The average Bonchev–Trinajstić information content (AvgIpc) is 3.63. The SMILES string of the molecule is CCCCc1ccc(Cc2cc([C@@H]3O[C@H](CO)[C@@H](O)C(O)[C@H]3O)ccc2C2CC2)cc1. The standard InChI is InChI=1S/C26H34O5/c1-2-3-4-16-5-7-17(8-6-16)13-20-14-19(11-12-21(20)18-9-10-18)26-25(30)24(29)23(28)22(15-27)31-26/h5-8,11-12,14,18,22-30H,2-4,9-10,13,15H2,1H3/t22-,23-,24?,25-,26+/m1/s1. The van der Waals surface area contributed by atoms with Crippen LogP contribution in [0.25, 0.3) is 0 Å². The maximum Gasteiger partial charge on any atom is 0.113 e. The second-order valence-corrected chi connectivity index (χ2v) is 9.08. The lowest BCUT2D eigenvalue weighted by molar-refractivity contribution is -0.231. The van der Waals surface area contributed by atoms with Crippen molar-refractivity contribution < 1.29 is 25.2 Å². The molecule has 4 N–H and O–H groups in total. The van der Waals surface area contributed by atoms with Crippen LogP contribution in [0.1, 0.15) is 72.4 Å². The number of benzene rings is 2. The highest BCUT2D eigenvalue weighted by Gasteiger charge is 2.44. The fourth-order valence-electron chi connectivity index (χ4n) is 4.55. The topological polar surface area (TPSA) is 90.2 Å². The molecular weight excluding hydrogens is 392 g/mol. The lowest BCUT2D eigenvalue weighted by Gasteiger charge is -2.40. The monoisotopic (exact) mass is 426 g/mol. The molecule has 1 heterocycles.